The number of urea groups is 1. The summed E-state index contributed by atoms with van der Waals surface area (Å²) in [6, 6.07) is 15.3. The van der Waals surface area contributed by atoms with E-state index in [2.05, 4.69) is 5.32 Å². The summed E-state index contributed by atoms with van der Waals surface area (Å²) in [6.45, 7) is 5.00. The number of carbonyl (C=O) groups is 3. The molecule has 3 rings (SSSR count). The van der Waals surface area contributed by atoms with Crippen molar-refractivity contribution < 1.29 is 14.4 Å². The fourth-order valence-corrected chi connectivity index (χ4v) is 3.74. The van der Waals surface area contributed by atoms with Crippen molar-refractivity contribution in [3.8, 4) is 0 Å². The van der Waals surface area contributed by atoms with Crippen LogP contribution in [0.5, 0.6) is 0 Å². The first-order valence-corrected chi connectivity index (χ1v) is 9.39. The minimum absolute atomic E-state index is 0.134. The van der Waals surface area contributed by atoms with Crippen molar-refractivity contribution >= 4 is 35.1 Å². The molecule has 0 unspecified atom stereocenters. The zero-order valence-electron chi connectivity index (χ0n) is 16.0. The molecule has 2 aromatic rings. The second-order valence-electron chi connectivity index (χ2n) is 7.12. The Morgan fingerprint density at radius 3 is 2.32 bits per heavy atom. The van der Waals surface area contributed by atoms with Crippen LogP contribution in [0.2, 0.25) is 5.02 Å². The highest BCUT2D eigenvalue weighted by Gasteiger charge is 2.50. The van der Waals surface area contributed by atoms with Gasteiger partial charge in [-0.3, -0.25) is 14.5 Å². The van der Waals surface area contributed by atoms with Gasteiger partial charge in [-0.2, -0.15) is 0 Å². The first-order chi connectivity index (χ1) is 13.3. The van der Waals surface area contributed by atoms with Gasteiger partial charge in [-0.05, 0) is 39.0 Å². The molecule has 1 N–H and O–H groups in total. The number of amides is 4. The van der Waals surface area contributed by atoms with E-state index in [1.54, 1.807) is 36.1 Å². The summed E-state index contributed by atoms with van der Waals surface area (Å²) in [4.78, 5) is 41.1. The van der Waals surface area contributed by atoms with Crippen molar-refractivity contribution in [3.05, 3.63) is 65.2 Å². The van der Waals surface area contributed by atoms with E-state index in [0.29, 0.717) is 16.3 Å². The van der Waals surface area contributed by atoms with Gasteiger partial charge < -0.3 is 10.2 Å². The molecule has 1 aliphatic rings. The third-order valence-electron chi connectivity index (χ3n) is 4.80. The van der Waals surface area contributed by atoms with Crippen LogP contribution in [0, 0.1) is 0 Å². The van der Waals surface area contributed by atoms with Crippen molar-refractivity contribution in [1.29, 1.82) is 0 Å². The Morgan fingerprint density at radius 2 is 1.71 bits per heavy atom. The number of nitrogens with zero attached hydrogens (tertiary/aromatic N) is 2. The number of benzene rings is 2. The molecule has 1 atom stereocenters. The summed E-state index contributed by atoms with van der Waals surface area (Å²) in [5, 5.41) is 3.06. The maximum absolute atomic E-state index is 13.1. The molecule has 1 aliphatic heterocycles. The second kappa shape index (κ2) is 7.64. The Morgan fingerprint density at radius 1 is 1.11 bits per heavy atom. The number of para-hydroxylation sites is 1. The largest absolute Gasteiger partial charge is 0.325 e. The molecule has 0 saturated carbocycles. The molecular weight excluding hydrogens is 378 g/mol. The van der Waals surface area contributed by atoms with Crippen LogP contribution >= 0.6 is 11.6 Å². The normalized spacial score (nSPS) is 19.1. The molecule has 1 saturated heterocycles. The lowest BCUT2D eigenvalue weighted by Crippen LogP contribution is -2.46. The van der Waals surface area contributed by atoms with Gasteiger partial charge in [-0.15, -0.1) is 0 Å². The zero-order chi connectivity index (χ0) is 20.5. The lowest BCUT2D eigenvalue weighted by Gasteiger charge is -2.28. The van der Waals surface area contributed by atoms with E-state index < -0.39 is 17.5 Å². The summed E-state index contributed by atoms with van der Waals surface area (Å²) in [6.07, 6.45) is 0. The zero-order valence-corrected chi connectivity index (χ0v) is 16.7. The van der Waals surface area contributed by atoms with Gasteiger partial charge in [0.2, 0.25) is 5.91 Å². The first kappa shape index (κ1) is 19.9. The Balaban J connectivity index is 1.86. The van der Waals surface area contributed by atoms with Crippen LogP contribution in [-0.4, -0.2) is 35.3 Å². The molecular formula is C21H22ClN3O3. The summed E-state index contributed by atoms with van der Waals surface area (Å²) in [5.74, 6) is -0.844. The minimum Gasteiger partial charge on any atom is -0.319 e. The lowest BCUT2D eigenvalue weighted by atomic mass is 9.92. The second-order valence-corrected chi connectivity index (χ2v) is 7.53. The van der Waals surface area contributed by atoms with E-state index in [-0.39, 0.29) is 18.5 Å². The average molecular weight is 400 g/mol. The molecule has 0 radical (unpaired) electrons. The van der Waals surface area contributed by atoms with Crippen LogP contribution < -0.4 is 10.2 Å². The first-order valence-electron chi connectivity index (χ1n) is 9.02. The van der Waals surface area contributed by atoms with Crippen LogP contribution in [0.1, 0.15) is 26.3 Å². The average Bonchev–Trinajstić information content (AvgIpc) is 2.86. The van der Waals surface area contributed by atoms with Gasteiger partial charge in [0, 0.05) is 22.3 Å². The van der Waals surface area contributed by atoms with Gasteiger partial charge in [0.1, 0.15) is 12.1 Å². The van der Waals surface area contributed by atoms with Crippen LogP contribution in [0.4, 0.5) is 10.5 Å². The van der Waals surface area contributed by atoms with Crippen molar-refractivity contribution in [3.63, 3.8) is 0 Å². The van der Waals surface area contributed by atoms with Crippen LogP contribution in [0.15, 0.2) is 54.6 Å². The predicted octanol–water partition coefficient (Wildman–Crippen LogP) is 3.55. The van der Waals surface area contributed by atoms with Crippen LogP contribution in [-0.2, 0) is 15.1 Å². The number of halogens is 1. The molecule has 6 nitrogen and oxygen atoms in total. The molecule has 0 aromatic heterocycles. The van der Waals surface area contributed by atoms with Gasteiger partial charge in [-0.25, -0.2) is 4.79 Å². The highest BCUT2D eigenvalue weighted by atomic mass is 35.5. The number of rotatable bonds is 5. The summed E-state index contributed by atoms with van der Waals surface area (Å²) < 4.78 is 0. The molecule has 0 spiro atoms. The van der Waals surface area contributed by atoms with Gasteiger partial charge in [0.15, 0.2) is 0 Å². The standard InChI is InChI=1S/C21H22ClN3O3/c1-14(2)25(15-9-5-4-6-10-15)18(26)13-24-19(27)21(3,23-20(24)28)16-11-7-8-12-17(16)22/h4-12,14H,13H2,1-3H3,(H,23,28)/t21-/m1/s1. The van der Waals surface area contributed by atoms with Crippen LogP contribution in [0.3, 0.4) is 0 Å². The molecule has 28 heavy (non-hydrogen) atoms. The Bertz CT molecular complexity index is 916. The summed E-state index contributed by atoms with van der Waals surface area (Å²) in [5.41, 5.74) is -0.109. The van der Waals surface area contributed by atoms with Crippen molar-refractivity contribution in [1.82, 2.24) is 10.2 Å². The quantitative estimate of drug-likeness (QED) is 0.781. The Kier molecular flexibility index (Phi) is 5.42. The summed E-state index contributed by atoms with van der Waals surface area (Å²) in [7, 11) is 0. The minimum atomic E-state index is -1.31. The smallest absolute Gasteiger partial charge is 0.319 e. The lowest BCUT2D eigenvalue weighted by molar-refractivity contribution is -0.134. The third-order valence-corrected chi connectivity index (χ3v) is 5.13. The van der Waals surface area contributed by atoms with Gasteiger partial charge >= 0.3 is 6.03 Å². The molecule has 1 heterocycles. The van der Waals surface area contributed by atoms with E-state index in [9.17, 15) is 14.4 Å². The molecule has 146 valence electrons. The fraction of sp³-hybridized carbons (Fsp3) is 0.286. The fourth-order valence-electron chi connectivity index (χ4n) is 3.42. The number of nitrogens with one attached hydrogen (secondary N) is 1. The third kappa shape index (κ3) is 3.47. The van der Waals surface area contributed by atoms with Gasteiger partial charge in [0.05, 0.1) is 0 Å². The number of imide groups is 1. The van der Waals surface area contributed by atoms with E-state index in [1.165, 1.54) is 0 Å². The number of anilines is 1. The van der Waals surface area contributed by atoms with Crippen molar-refractivity contribution in [2.75, 3.05) is 11.4 Å². The topological polar surface area (TPSA) is 69.7 Å². The predicted molar refractivity (Wildman–Crippen MR) is 108 cm³/mol. The van der Waals surface area contributed by atoms with Crippen molar-refractivity contribution in [2.45, 2.75) is 32.4 Å². The van der Waals surface area contributed by atoms with Gasteiger partial charge in [-0.1, -0.05) is 48.0 Å². The van der Waals surface area contributed by atoms with Crippen molar-refractivity contribution in [2.24, 2.45) is 0 Å². The number of hydrogen-bond acceptors (Lipinski definition) is 3. The molecule has 4 amide bonds. The Labute approximate surface area is 169 Å². The molecule has 0 bridgehead atoms. The Hall–Kier alpha value is -2.86. The van der Waals surface area contributed by atoms with Crippen LogP contribution in [0.25, 0.3) is 0 Å². The van der Waals surface area contributed by atoms with E-state index >= 15 is 0 Å². The maximum Gasteiger partial charge on any atom is 0.325 e. The molecule has 1 fully saturated rings. The van der Waals surface area contributed by atoms with E-state index in [0.717, 1.165) is 4.90 Å². The SMILES string of the molecule is CC(C)N(C(=O)CN1C(=O)N[C@](C)(c2ccccc2Cl)C1=O)c1ccccc1. The monoisotopic (exact) mass is 399 g/mol. The van der Waals surface area contributed by atoms with E-state index in [4.69, 9.17) is 11.6 Å². The summed E-state index contributed by atoms with van der Waals surface area (Å²) >= 11 is 6.24. The highest BCUT2D eigenvalue weighted by Crippen LogP contribution is 2.33. The molecule has 7 heteroatoms. The maximum atomic E-state index is 13.1. The van der Waals surface area contributed by atoms with Gasteiger partial charge in [0.25, 0.3) is 5.91 Å². The number of hydrogen-bond donors (Lipinski definition) is 1. The van der Waals surface area contributed by atoms with E-state index in [1.807, 2.05) is 44.2 Å². The highest BCUT2D eigenvalue weighted by molar-refractivity contribution is 6.32. The number of carbonyl (C=O) groups excluding carboxylic acids is 3. The molecule has 0 aliphatic carbocycles. The molecule has 2 aromatic carbocycles.